The number of aryl methyl sites for hydroxylation is 1. The van der Waals surface area contributed by atoms with Gasteiger partial charge in [-0.15, -0.1) is 11.3 Å². The first kappa shape index (κ1) is 11.0. The summed E-state index contributed by atoms with van der Waals surface area (Å²) in [7, 11) is 0. The maximum Gasteiger partial charge on any atom is 0.0635 e. The van der Waals surface area contributed by atoms with E-state index >= 15 is 0 Å². The largest absolute Gasteiger partial charge is 0.398 e. The van der Waals surface area contributed by atoms with Gasteiger partial charge in [-0.25, -0.2) is 0 Å². The fourth-order valence-electron chi connectivity index (χ4n) is 1.37. The van der Waals surface area contributed by atoms with Crippen molar-refractivity contribution in [3.05, 3.63) is 38.6 Å². The highest BCUT2D eigenvalue weighted by atomic mass is 79.9. The maximum absolute atomic E-state index is 5.88. The molecular formula is C11H9BrClNS. The van der Waals surface area contributed by atoms with Gasteiger partial charge in [0, 0.05) is 14.2 Å². The molecule has 0 amide bonds. The summed E-state index contributed by atoms with van der Waals surface area (Å²) < 4.78 is 1.10. The van der Waals surface area contributed by atoms with E-state index in [0.29, 0.717) is 10.7 Å². The van der Waals surface area contributed by atoms with Gasteiger partial charge in [-0.05, 0) is 46.6 Å². The van der Waals surface area contributed by atoms with Crippen molar-refractivity contribution in [2.75, 3.05) is 5.73 Å². The third-order valence-electron chi connectivity index (χ3n) is 2.07. The van der Waals surface area contributed by atoms with E-state index in [1.54, 1.807) is 11.3 Å². The standard InChI is InChI=1S/C11H9BrClNS/c1-6-4-8(12)11(15-6)7-2-3-9(13)10(14)5-7/h2-5H,14H2,1H3. The minimum absolute atomic E-state index is 0.600. The minimum Gasteiger partial charge on any atom is -0.398 e. The third kappa shape index (κ3) is 2.19. The Bertz CT molecular complexity index is 507. The molecule has 4 heteroatoms. The highest BCUT2D eigenvalue weighted by molar-refractivity contribution is 9.10. The summed E-state index contributed by atoms with van der Waals surface area (Å²) in [6.45, 7) is 2.08. The molecule has 0 unspecified atom stereocenters. The van der Waals surface area contributed by atoms with Crippen molar-refractivity contribution >= 4 is 44.6 Å². The Morgan fingerprint density at radius 2 is 2.07 bits per heavy atom. The molecule has 0 saturated heterocycles. The van der Waals surface area contributed by atoms with Crippen LogP contribution < -0.4 is 5.73 Å². The molecule has 0 atom stereocenters. The molecule has 2 N–H and O–H groups in total. The molecule has 1 aromatic heterocycles. The second kappa shape index (κ2) is 4.16. The molecule has 2 rings (SSSR count). The lowest BCUT2D eigenvalue weighted by molar-refractivity contribution is 1.62. The van der Waals surface area contributed by atoms with Crippen LogP contribution in [0.4, 0.5) is 5.69 Å². The van der Waals surface area contributed by atoms with E-state index < -0.39 is 0 Å². The van der Waals surface area contributed by atoms with Gasteiger partial charge in [0.1, 0.15) is 0 Å². The lowest BCUT2D eigenvalue weighted by atomic mass is 10.2. The van der Waals surface area contributed by atoms with Crippen molar-refractivity contribution < 1.29 is 0 Å². The quantitative estimate of drug-likeness (QED) is 0.758. The number of anilines is 1. The number of halogens is 2. The second-order valence-corrected chi connectivity index (χ2v) is 5.79. The Labute approximate surface area is 106 Å². The Morgan fingerprint density at radius 1 is 1.33 bits per heavy atom. The van der Waals surface area contributed by atoms with Gasteiger partial charge in [0.05, 0.1) is 10.7 Å². The predicted molar refractivity (Wildman–Crippen MR) is 71.6 cm³/mol. The molecule has 2 aromatic rings. The van der Waals surface area contributed by atoms with Crippen molar-refractivity contribution in [1.82, 2.24) is 0 Å². The summed E-state index contributed by atoms with van der Waals surface area (Å²) in [5.74, 6) is 0. The zero-order chi connectivity index (χ0) is 11.0. The molecule has 0 bridgehead atoms. The number of rotatable bonds is 1. The Kier molecular flexibility index (Phi) is 3.05. The van der Waals surface area contributed by atoms with E-state index in [1.807, 2.05) is 18.2 Å². The van der Waals surface area contributed by atoms with Gasteiger partial charge in [-0.2, -0.15) is 0 Å². The molecule has 1 nitrogen and oxygen atoms in total. The molecule has 0 fully saturated rings. The molecule has 78 valence electrons. The van der Waals surface area contributed by atoms with Crippen molar-refractivity contribution in [1.29, 1.82) is 0 Å². The van der Waals surface area contributed by atoms with Crippen molar-refractivity contribution in [3.8, 4) is 10.4 Å². The van der Waals surface area contributed by atoms with Crippen molar-refractivity contribution in [3.63, 3.8) is 0 Å². The van der Waals surface area contributed by atoms with Gasteiger partial charge in [0.2, 0.25) is 0 Å². The predicted octanol–water partition coefficient (Wildman–Crippen LogP) is 4.72. The molecule has 0 aliphatic rings. The van der Waals surface area contributed by atoms with Gasteiger partial charge >= 0.3 is 0 Å². The first-order chi connectivity index (χ1) is 7.08. The van der Waals surface area contributed by atoms with E-state index in [4.69, 9.17) is 17.3 Å². The molecule has 0 saturated carbocycles. The summed E-state index contributed by atoms with van der Waals surface area (Å²) in [4.78, 5) is 2.46. The number of hydrogen-bond donors (Lipinski definition) is 1. The third-order valence-corrected chi connectivity index (χ3v) is 4.40. The van der Waals surface area contributed by atoms with Crippen LogP contribution in [0.3, 0.4) is 0 Å². The number of nitrogens with two attached hydrogens (primary N) is 1. The molecule has 0 radical (unpaired) electrons. The fraction of sp³-hybridized carbons (Fsp3) is 0.0909. The lowest BCUT2D eigenvalue weighted by Gasteiger charge is -2.02. The summed E-state index contributed by atoms with van der Waals surface area (Å²) in [6, 6.07) is 7.81. The molecule has 0 spiro atoms. The van der Waals surface area contributed by atoms with Crippen LogP contribution in [-0.2, 0) is 0 Å². The van der Waals surface area contributed by atoms with E-state index in [0.717, 1.165) is 10.0 Å². The summed E-state index contributed by atoms with van der Waals surface area (Å²) >= 11 is 11.1. The average molecular weight is 303 g/mol. The molecular weight excluding hydrogens is 294 g/mol. The van der Waals surface area contributed by atoms with Crippen molar-refractivity contribution in [2.45, 2.75) is 6.92 Å². The van der Waals surface area contributed by atoms with Gasteiger partial charge < -0.3 is 5.73 Å². The maximum atomic E-state index is 5.88. The molecule has 1 heterocycles. The summed E-state index contributed by atoms with van der Waals surface area (Å²) in [5.41, 5.74) is 7.49. The second-order valence-electron chi connectivity index (χ2n) is 3.27. The molecule has 15 heavy (non-hydrogen) atoms. The zero-order valence-corrected chi connectivity index (χ0v) is 11.2. The van der Waals surface area contributed by atoms with E-state index in [9.17, 15) is 0 Å². The summed E-state index contributed by atoms with van der Waals surface area (Å²) in [5, 5.41) is 0.600. The van der Waals surface area contributed by atoms with Crippen LogP contribution in [0.2, 0.25) is 5.02 Å². The average Bonchev–Trinajstić information content (AvgIpc) is 2.50. The summed E-state index contributed by atoms with van der Waals surface area (Å²) in [6.07, 6.45) is 0. The van der Waals surface area contributed by atoms with Crippen LogP contribution >= 0.6 is 38.9 Å². The molecule has 0 aliphatic heterocycles. The van der Waals surface area contributed by atoms with Crippen LogP contribution in [0.25, 0.3) is 10.4 Å². The topological polar surface area (TPSA) is 26.0 Å². The smallest absolute Gasteiger partial charge is 0.0635 e. The number of thiophene rings is 1. The van der Waals surface area contributed by atoms with Crippen LogP contribution in [0.5, 0.6) is 0 Å². The van der Waals surface area contributed by atoms with E-state index in [-0.39, 0.29) is 0 Å². The first-order valence-corrected chi connectivity index (χ1v) is 6.38. The minimum atomic E-state index is 0.600. The monoisotopic (exact) mass is 301 g/mol. The number of benzene rings is 1. The SMILES string of the molecule is Cc1cc(Br)c(-c2ccc(Cl)c(N)c2)s1. The Hall–Kier alpha value is -0.510. The number of nitrogen functional groups attached to an aromatic ring is 1. The fourth-order valence-corrected chi connectivity index (χ4v) is 3.35. The zero-order valence-electron chi connectivity index (χ0n) is 8.05. The Morgan fingerprint density at radius 3 is 2.60 bits per heavy atom. The van der Waals surface area contributed by atoms with Gasteiger partial charge in [0.15, 0.2) is 0 Å². The number of hydrogen-bond acceptors (Lipinski definition) is 2. The normalized spacial score (nSPS) is 10.6. The van der Waals surface area contributed by atoms with Crippen LogP contribution in [0, 0.1) is 6.92 Å². The van der Waals surface area contributed by atoms with Crippen LogP contribution in [0.1, 0.15) is 4.88 Å². The van der Waals surface area contributed by atoms with Crippen LogP contribution in [-0.4, -0.2) is 0 Å². The van der Waals surface area contributed by atoms with Gasteiger partial charge in [-0.3, -0.25) is 0 Å². The van der Waals surface area contributed by atoms with Crippen molar-refractivity contribution in [2.24, 2.45) is 0 Å². The lowest BCUT2D eigenvalue weighted by Crippen LogP contribution is -1.86. The highest BCUT2D eigenvalue weighted by Crippen LogP contribution is 2.37. The van der Waals surface area contributed by atoms with Crippen LogP contribution in [0.15, 0.2) is 28.7 Å². The van der Waals surface area contributed by atoms with Gasteiger partial charge in [0.25, 0.3) is 0 Å². The molecule has 1 aromatic carbocycles. The van der Waals surface area contributed by atoms with E-state index in [1.165, 1.54) is 9.75 Å². The first-order valence-electron chi connectivity index (χ1n) is 4.39. The highest BCUT2D eigenvalue weighted by Gasteiger charge is 2.08. The Balaban J connectivity index is 2.54. The van der Waals surface area contributed by atoms with Gasteiger partial charge in [-0.1, -0.05) is 17.7 Å². The van der Waals surface area contributed by atoms with E-state index in [2.05, 4.69) is 28.9 Å². The molecule has 0 aliphatic carbocycles.